The summed E-state index contributed by atoms with van der Waals surface area (Å²) in [5.41, 5.74) is -0.124. The highest BCUT2D eigenvalue weighted by atomic mass is 35.5. The molecular weight excluding hydrogens is 276 g/mol. The van der Waals surface area contributed by atoms with Crippen molar-refractivity contribution in [3.63, 3.8) is 0 Å². The number of carbonyl (C=O) groups excluding carboxylic acids is 1. The van der Waals surface area contributed by atoms with Gasteiger partial charge in [0.1, 0.15) is 10.8 Å². The molecule has 0 spiro atoms. The topological polar surface area (TPSA) is 62.2 Å². The van der Waals surface area contributed by atoms with E-state index in [4.69, 9.17) is 11.6 Å². The third-order valence-corrected chi connectivity index (χ3v) is 3.29. The van der Waals surface area contributed by atoms with E-state index in [1.807, 2.05) is 30.3 Å². The lowest BCUT2D eigenvalue weighted by atomic mass is 9.96. The van der Waals surface area contributed by atoms with Crippen LogP contribution >= 0.6 is 11.6 Å². The fraction of sp³-hybridized carbons (Fsp3) is 0.200. The van der Waals surface area contributed by atoms with Gasteiger partial charge in [0.25, 0.3) is 5.91 Å². The Balaban J connectivity index is 2.05. The molecule has 0 fully saturated rings. The van der Waals surface area contributed by atoms with Gasteiger partial charge in [0.2, 0.25) is 0 Å². The fourth-order valence-electron chi connectivity index (χ4n) is 1.80. The molecule has 0 aliphatic carbocycles. The molecule has 2 rings (SSSR count). The van der Waals surface area contributed by atoms with Crippen molar-refractivity contribution in [1.29, 1.82) is 0 Å². The van der Waals surface area contributed by atoms with Crippen molar-refractivity contribution in [3.05, 3.63) is 64.9 Å². The van der Waals surface area contributed by atoms with Crippen molar-refractivity contribution in [3.8, 4) is 0 Å². The Kier molecular flexibility index (Phi) is 4.37. The van der Waals surface area contributed by atoms with E-state index in [0.29, 0.717) is 0 Å². The maximum atomic E-state index is 12.0. The summed E-state index contributed by atoms with van der Waals surface area (Å²) in [4.78, 5) is 15.8. The maximum Gasteiger partial charge on any atom is 0.254 e. The monoisotopic (exact) mass is 290 g/mol. The lowest BCUT2D eigenvalue weighted by molar-refractivity contribution is 0.0526. The molecule has 2 N–H and O–H groups in total. The standard InChI is InChI=1S/C15H15ClN2O2/c1-15(20,11-6-3-2-4-7-11)10-18-14(19)12-8-5-9-17-13(12)16/h2-9,20H,10H2,1H3,(H,18,19). The van der Waals surface area contributed by atoms with Crippen LogP contribution in [-0.4, -0.2) is 22.5 Å². The summed E-state index contributed by atoms with van der Waals surface area (Å²) in [5, 5.41) is 13.2. The quantitative estimate of drug-likeness (QED) is 0.850. The van der Waals surface area contributed by atoms with Gasteiger partial charge >= 0.3 is 0 Å². The first kappa shape index (κ1) is 14.5. The van der Waals surface area contributed by atoms with Gasteiger partial charge < -0.3 is 10.4 Å². The van der Waals surface area contributed by atoms with Gasteiger partial charge in [0.05, 0.1) is 12.1 Å². The van der Waals surface area contributed by atoms with E-state index in [0.717, 1.165) is 5.56 Å². The van der Waals surface area contributed by atoms with Crippen LogP contribution in [0.1, 0.15) is 22.8 Å². The molecule has 0 aliphatic heterocycles. The van der Waals surface area contributed by atoms with Crippen LogP contribution in [0, 0.1) is 0 Å². The Labute approximate surface area is 122 Å². The maximum absolute atomic E-state index is 12.0. The molecule has 1 atom stereocenters. The molecule has 20 heavy (non-hydrogen) atoms. The third-order valence-electron chi connectivity index (χ3n) is 2.99. The van der Waals surface area contributed by atoms with Gasteiger partial charge in [-0.2, -0.15) is 0 Å². The Hall–Kier alpha value is -1.91. The lowest BCUT2D eigenvalue weighted by Gasteiger charge is -2.24. The molecule has 1 heterocycles. The molecule has 1 unspecified atom stereocenters. The van der Waals surface area contributed by atoms with Gasteiger partial charge in [-0.05, 0) is 24.6 Å². The predicted octanol–water partition coefficient (Wildman–Crippen LogP) is 2.37. The van der Waals surface area contributed by atoms with Crippen LogP contribution in [0.25, 0.3) is 0 Å². The van der Waals surface area contributed by atoms with Crippen molar-refractivity contribution in [2.75, 3.05) is 6.54 Å². The number of nitrogens with one attached hydrogen (secondary N) is 1. The third kappa shape index (κ3) is 3.35. The van der Waals surface area contributed by atoms with Gasteiger partial charge in [0.15, 0.2) is 0 Å². The first-order chi connectivity index (χ1) is 9.50. The van der Waals surface area contributed by atoms with E-state index < -0.39 is 5.60 Å². The highest BCUT2D eigenvalue weighted by Crippen LogP contribution is 2.19. The zero-order chi connectivity index (χ0) is 14.6. The van der Waals surface area contributed by atoms with Gasteiger partial charge in [-0.25, -0.2) is 4.98 Å². The molecular formula is C15H15ClN2O2. The minimum Gasteiger partial charge on any atom is -0.384 e. The molecule has 0 aliphatic rings. The van der Waals surface area contributed by atoms with E-state index in [9.17, 15) is 9.90 Å². The van der Waals surface area contributed by atoms with Crippen LogP contribution in [0.15, 0.2) is 48.7 Å². The molecule has 1 aromatic heterocycles. The first-order valence-electron chi connectivity index (χ1n) is 6.17. The van der Waals surface area contributed by atoms with Crippen LogP contribution in [0.4, 0.5) is 0 Å². The summed E-state index contributed by atoms with van der Waals surface area (Å²) in [7, 11) is 0. The number of nitrogens with zero attached hydrogens (tertiary/aromatic N) is 1. The highest BCUT2D eigenvalue weighted by molar-refractivity contribution is 6.32. The summed E-state index contributed by atoms with van der Waals surface area (Å²) in [6.07, 6.45) is 1.51. The number of benzene rings is 1. The first-order valence-corrected chi connectivity index (χ1v) is 6.55. The lowest BCUT2D eigenvalue weighted by Crippen LogP contribution is -2.38. The smallest absolute Gasteiger partial charge is 0.254 e. The second kappa shape index (κ2) is 6.03. The van der Waals surface area contributed by atoms with Gasteiger partial charge in [-0.3, -0.25) is 4.79 Å². The van der Waals surface area contributed by atoms with Crippen LogP contribution in [-0.2, 0) is 5.60 Å². The average Bonchev–Trinajstić information content (AvgIpc) is 2.46. The average molecular weight is 291 g/mol. The van der Waals surface area contributed by atoms with Crippen LogP contribution < -0.4 is 5.32 Å². The molecule has 0 bridgehead atoms. The zero-order valence-electron chi connectivity index (χ0n) is 11.0. The minimum absolute atomic E-state index is 0.0844. The number of halogens is 1. The second-order valence-electron chi connectivity index (χ2n) is 4.66. The largest absolute Gasteiger partial charge is 0.384 e. The highest BCUT2D eigenvalue weighted by Gasteiger charge is 2.24. The molecule has 0 radical (unpaired) electrons. The Morgan fingerprint density at radius 2 is 2.00 bits per heavy atom. The Morgan fingerprint density at radius 3 is 2.65 bits per heavy atom. The number of rotatable bonds is 4. The SMILES string of the molecule is CC(O)(CNC(=O)c1cccnc1Cl)c1ccccc1. The van der Waals surface area contributed by atoms with Crippen molar-refractivity contribution < 1.29 is 9.90 Å². The van der Waals surface area contributed by atoms with Gasteiger partial charge in [-0.1, -0.05) is 41.9 Å². The van der Waals surface area contributed by atoms with Gasteiger partial charge in [0, 0.05) is 6.20 Å². The molecule has 104 valence electrons. The van der Waals surface area contributed by atoms with Crippen molar-refractivity contribution in [2.24, 2.45) is 0 Å². The number of aromatic nitrogens is 1. The number of carbonyl (C=O) groups is 1. The second-order valence-corrected chi connectivity index (χ2v) is 5.02. The number of hydrogen-bond donors (Lipinski definition) is 2. The molecule has 0 saturated heterocycles. The van der Waals surface area contributed by atoms with Crippen LogP contribution in [0.3, 0.4) is 0 Å². The van der Waals surface area contributed by atoms with E-state index in [1.165, 1.54) is 6.20 Å². The summed E-state index contributed by atoms with van der Waals surface area (Å²) >= 11 is 5.85. The zero-order valence-corrected chi connectivity index (χ0v) is 11.8. The van der Waals surface area contributed by atoms with Crippen molar-refractivity contribution in [2.45, 2.75) is 12.5 Å². The molecule has 4 nitrogen and oxygen atoms in total. The number of pyridine rings is 1. The summed E-state index contributed by atoms with van der Waals surface area (Å²) in [6, 6.07) is 12.4. The Bertz CT molecular complexity index is 600. The summed E-state index contributed by atoms with van der Waals surface area (Å²) in [5.74, 6) is -0.362. The summed E-state index contributed by atoms with van der Waals surface area (Å²) < 4.78 is 0. The molecule has 1 aromatic carbocycles. The number of hydrogen-bond acceptors (Lipinski definition) is 3. The van der Waals surface area contributed by atoms with E-state index in [1.54, 1.807) is 19.1 Å². The minimum atomic E-state index is -1.15. The molecule has 2 aromatic rings. The predicted molar refractivity (Wildman–Crippen MR) is 77.6 cm³/mol. The number of amides is 1. The molecule has 5 heteroatoms. The molecule has 0 saturated carbocycles. The summed E-state index contributed by atoms with van der Waals surface area (Å²) in [6.45, 7) is 1.73. The van der Waals surface area contributed by atoms with Crippen molar-refractivity contribution in [1.82, 2.24) is 10.3 Å². The number of aliphatic hydroxyl groups is 1. The molecule has 1 amide bonds. The fourth-order valence-corrected chi connectivity index (χ4v) is 2.01. The van der Waals surface area contributed by atoms with Gasteiger partial charge in [-0.15, -0.1) is 0 Å². The van der Waals surface area contributed by atoms with E-state index >= 15 is 0 Å². The van der Waals surface area contributed by atoms with Crippen molar-refractivity contribution >= 4 is 17.5 Å². The van der Waals surface area contributed by atoms with Crippen LogP contribution in [0.5, 0.6) is 0 Å². The Morgan fingerprint density at radius 1 is 1.30 bits per heavy atom. The van der Waals surface area contributed by atoms with E-state index in [-0.39, 0.29) is 23.2 Å². The van der Waals surface area contributed by atoms with Crippen LogP contribution in [0.2, 0.25) is 5.15 Å². The van der Waals surface area contributed by atoms with E-state index in [2.05, 4.69) is 10.3 Å². The normalized spacial score (nSPS) is 13.6.